The minimum absolute atomic E-state index is 0.150. The Labute approximate surface area is 206 Å². The molecule has 0 unspecified atom stereocenters. The zero-order valence-corrected chi connectivity index (χ0v) is 20.8. The van der Waals surface area contributed by atoms with E-state index in [1.807, 2.05) is 6.07 Å². The van der Waals surface area contributed by atoms with E-state index in [-0.39, 0.29) is 24.1 Å². The van der Waals surface area contributed by atoms with Gasteiger partial charge in [0.05, 0.1) is 11.7 Å². The van der Waals surface area contributed by atoms with Crippen molar-refractivity contribution >= 4 is 23.4 Å². The largest absolute Gasteiger partial charge is 0.489 e. The van der Waals surface area contributed by atoms with Gasteiger partial charge in [-0.05, 0) is 61.1 Å². The van der Waals surface area contributed by atoms with Crippen LogP contribution in [0.3, 0.4) is 0 Å². The van der Waals surface area contributed by atoms with Crippen LogP contribution in [0.2, 0.25) is 0 Å². The molecule has 188 valence electrons. The van der Waals surface area contributed by atoms with Crippen LogP contribution in [0, 0.1) is 11.3 Å². The van der Waals surface area contributed by atoms with Crippen LogP contribution in [-0.4, -0.2) is 72.4 Å². The zero-order chi connectivity index (χ0) is 24.3. The van der Waals surface area contributed by atoms with Gasteiger partial charge in [-0.3, -0.25) is 24.6 Å². The molecule has 0 radical (unpaired) electrons. The van der Waals surface area contributed by atoms with Gasteiger partial charge in [-0.2, -0.15) is 0 Å². The number of ether oxygens (including phenoxy) is 1. The van der Waals surface area contributed by atoms with E-state index < -0.39 is 6.04 Å². The van der Waals surface area contributed by atoms with Crippen LogP contribution in [-0.2, 0) is 16.1 Å². The van der Waals surface area contributed by atoms with Crippen molar-refractivity contribution in [3.8, 4) is 5.75 Å². The maximum absolute atomic E-state index is 13.1. The van der Waals surface area contributed by atoms with Crippen LogP contribution in [0.25, 0.3) is 0 Å². The summed E-state index contributed by atoms with van der Waals surface area (Å²) in [6.45, 7) is 10.0. The van der Waals surface area contributed by atoms with Gasteiger partial charge in [-0.1, -0.05) is 13.8 Å². The molecule has 0 aromatic heterocycles. The molecule has 1 aromatic rings. The number of hydrogen-bond donors (Lipinski definition) is 1. The molecule has 8 heteroatoms. The first-order valence-electron chi connectivity index (χ1n) is 13.2. The van der Waals surface area contributed by atoms with E-state index in [0.717, 1.165) is 42.6 Å². The Kier molecular flexibility index (Phi) is 5.55. The van der Waals surface area contributed by atoms with Gasteiger partial charge in [0, 0.05) is 44.7 Å². The summed E-state index contributed by atoms with van der Waals surface area (Å²) in [4.78, 5) is 43.8. The van der Waals surface area contributed by atoms with Gasteiger partial charge < -0.3 is 14.5 Å². The molecule has 8 nitrogen and oxygen atoms in total. The molecule has 3 fully saturated rings. The number of amides is 3. The Hall–Kier alpha value is -2.61. The Balaban J connectivity index is 1.14. The average Bonchev–Trinajstić information content (AvgIpc) is 3.14. The van der Waals surface area contributed by atoms with E-state index in [4.69, 9.17) is 4.74 Å². The fourth-order valence-corrected chi connectivity index (χ4v) is 6.66. The highest BCUT2D eigenvalue weighted by atomic mass is 16.5. The van der Waals surface area contributed by atoms with Crippen molar-refractivity contribution in [2.24, 2.45) is 11.3 Å². The molecule has 5 aliphatic rings. The number of nitrogens with one attached hydrogen (secondary N) is 1. The minimum Gasteiger partial charge on any atom is -0.489 e. The summed E-state index contributed by atoms with van der Waals surface area (Å²) in [7, 11) is 0. The van der Waals surface area contributed by atoms with Gasteiger partial charge in [-0.15, -0.1) is 0 Å². The van der Waals surface area contributed by atoms with E-state index in [2.05, 4.69) is 35.0 Å². The first-order valence-corrected chi connectivity index (χ1v) is 13.2. The van der Waals surface area contributed by atoms with Crippen LogP contribution < -0.4 is 15.0 Å². The Morgan fingerprint density at radius 1 is 1.06 bits per heavy atom. The van der Waals surface area contributed by atoms with Crippen LogP contribution >= 0.6 is 0 Å². The number of rotatable bonds is 3. The lowest BCUT2D eigenvalue weighted by atomic mass is 9.73. The van der Waals surface area contributed by atoms with E-state index >= 15 is 0 Å². The Morgan fingerprint density at radius 2 is 1.86 bits per heavy atom. The van der Waals surface area contributed by atoms with Crippen molar-refractivity contribution in [3.05, 3.63) is 23.3 Å². The van der Waals surface area contributed by atoms with Gasteiger partial charge in [0.15, 0.2) is 0 Å². The maximum Gasteiger partial charge on any atom is 0.255 e. The average molecular weight is 481 g/mol. The number of hydrogen-bond acceptors (Lipinski definition) is 6. The molecule has 1 saturated carbocycles. The van der Waals surface area contributed by atoms with E-state index in [0.29, 0.717) is 36.6 Å². The van der Waals surface area contributed by atoms with Crippen LogP contribution in [0.4, 0.5) is 5.69 Å². The van der Waals surface area contributed by atoms with Gasteiger partial charge in [0.25, 0.3) is 5.91 Å². The molecule has 3 amide bonds. The fraction of sp³-hybridized carbons (Fsp3) is 0.667. The third-order valence-electron chi connectivity index (χ3n) is 8.89. The van der Waals surface area contributed by atoms with E-state index in [9.17, 15) is 14.4 Å². The predicted molar refractivity (Wildman–Crippen MR) is 131 cm³/mol. The quantitative estimate of drug-likeness (QED) is 0.670. The molecule has 4 heterocycles. The Bertz CT molecular complexity index is 1060. The molecular formula is C27H36N4O4. The summed E-state index contributed by atoms with van der Waals surface area (Å²) in [6, 6.07) is 3.69. The lowest BCUT2D eigenvalue weighted by Crippen LogP contribution is -2.58. The number of piperidine rings is 1. The van der Waals surface area contributed by atoms with E-state index in [1.165, 1.54) is 32.2 Å². The summed E-state index contributed by atoms with van der Waals surface area (Å²) in [6.07, 6.45) is 5.97. The lowest BCUT2D eigenvalue weighted by molar-refractivity contribution is -0.136. The number of carbonyl (C=O) groups is 3. The number of imide groups is 1. The summed E-state index contributed by atoms with van der Waals surface area (Å²) in [5, 5.41) is 2.37. The van der Waals surface area contributed by atoms with E-state index in [1.54, 1.807) is 4.90 Å². The standard InChI is InChI=1S/C27H36N4O4/c1-27(2)7-5-17(6-8-27)13-29-9-10-30-19(15-29)16-35-23-12-20-18(11-22(23)30)14-31(26(20)34)21-3-4-24(32)28-25(21)33/h11-12,17,19,21H,3-10,13-16H2,1-2H3,(H,28,32,33)/t19-,21-/m0/s1. The van der Waals surface area contributed by atoms with Gasteiger partial charge in [0.2, 0.25) is 11.8 Å². The van der Waals surface area contributed by atoms with Gasteiger partial charge >= 0.3 is 0 Å². The molecule has 1 aliphatic carbocycles. The van der Waals surface area contributed by atoms with Crippen molar-refractivity contribution in [3.63, 3.8) is 0 Å². The van der Waals surface area contributed by atoms with Gasteiger partial charge in [-0.25, -0.2) is 0 Å². The minimum atomic E-state index is -0.591. The Morgan fingerprint density at radius 3 is 2.63 bits per heavy atom. The molecule has 2 saturated heterocycles. The molecule has 2 atom stereocenters. The molecule has 6 rings (SSSR count). The number of nitrogens with zero attached hydrogens (tertiary/aromatic N) is 3. The lowest BCUT2D eigenvalue weighted by Gasteiger charge is -2.47. The summed E-state index contributed by atoms with van der Waals surface area (Å²) in [5.41, 5.74) is 3.13. The van der Waals surface area contributed by atoms with Crippen molar-refractivity contribution in [2.75, 3.05) is 37.7 Å². The summed E-state index contributed by atoms with van der Waals surface area (Å²) < 4.78 is 6.19. The summed E-state index contributed by atoms with van der Waals surface area (Å²) >= 11 is 0. The number of fused-ring (bicyclic) bond motifs is 4. The second-order valence-corrected chi connectivity index (χ2v) is 11.9. The monoisotopic (exact) mass is 480 g/mol. The maximum atomic E-state index is 13.1. The third kappa shape index (κ3) is 4.20. The number of anilines is 1. The molecule has 0 bridgehead atoms. The molecule has 35 heavy (non-hydrogen) atoms. The van der Waals surface area contributed by atoms with Crippen molar-refractivity contribution in [1.29, 1.82) is 0 Å². The highest BCUT2D eigenvalue weighted by Gasteiger charge is 2.41. The smallest absolute Gasteiger partial charge is 0.255 e. The van der Waals surface area contributed by atoms with Crippen LogP contribution in [0.15, 0.2) is 12.1 Å². The zero-order valence-electron chi connectivity index (χ0n) is 20.8. The first kappa shape index (κ1) is 22.8. The van der Waals surface area contributed by atoms with Crippen LogP contribution in [0.5, 0.6) is 5.75 Å². The van der Waals surface area contributed by atoms with Crippen molar-refractivity contribution in [2.45, 2.75) is 71.0 Å². The normalized spacial score (nSPS) is 28.8. The van der Waals surface area contributed by atoms with Crippen LogP contribution in [0.1, 0.15) is 68.3 Å². The highest BCUT2D eigenvalue weighted by Crippen LogP contribution is 2.42. The topological polar surface area (TPSA) is 82.2 Å². The number of benzene rings is 1. The third-order valence-corrected chi connectivity index (χ3v) is 8.89. The molecular weight excluding hydrogens is 444 g/mol. The van der Waals surface area contributed by atoms with Gasteiger partial charge in [0.1, 0.15) is 18.4 Å². The SMILES string of the molecule is CC1(C)CCC(CN2CCN3c4cc5c(cc4OC[C@@H]3C2)C(=O)N([C@H]2CCC(=O)NC2=O)C5)CC1. The first-order chi connectivity index (χ1) is 16.8. The summed E-state index contributed by atoms with van der Waals surface area (Å²) in [5.74, 6) is 0.779. The fourth-order valence-electron chi connectivity index (χ4n) is 6.66. The molecule has 0 spiro atoms. The predicted octanol–water partition coefficient (Wildman–Crippen LogP) is 2.55. The molecule has 4 aliphatic heterocycles. The number of piperazine rings is 1. The van der Waals surface area contributed by atoms with Crippen molar-refractivity contribution < 1.29 is 19.1 Å². The second-order valence-electron chi connectivity index (χ2n) is 11.9. The molecule has 1 aromatic carbocycles. The van der Waals surface area contributed by atoms with Crippen molar-refractivity contribution in [1.82, 2.24) is 15.1 Å². The second kappa shape index (κ2) is 8.50. The molecule has 1 N–H and O–H groups in total. The highest BCUT2D eigenvalue weighted by molar-refractivity contribution is 6.05. The number of carbonyl (C=O) groups excluding carboxylic acids is 3.